The normalized spacial score (nSPS) is 13.1. The van der Waals surface area contributed by atoms with Crippen LogP contribution in [0.4, 0.5) is 0 Å². The summed E-state index contributed by atoms with van der Waals surface area (Å²) in [7, 11) is 0. The minimum Gasteiger partial charge on any atom is -0.208 e. The molecule has 1 aliphatic heterocycles. The summed E-state index contributed by atoms with van der Waals surface area (Å²) in [5.41, 5.74) is 12.4. The number of nitriles is 1. The molecular weight excluding hydrogens is 701 g/mol. The van der Waals surface area contributed by atoms with E-state index in [0.29, 0.717) is 23.0 Å². The molecule has 1 spiro atoms. The molecule has 0 fully saturated rings. The number of nitrogens with zero attached hydrogens (tertiary/aromatic N) is 4. The molecule has 0 atom stereocenters. The van der Waals surface area contributed by atoms with Crippen LogP contribution in [-0.4, -0.2) is 15.0 Å². The van der Waals surface area contributed by atoms with Gasteiger partial charge >= 0.3 is 0 Å². The van der Waals surface area contributed by atoms with Crippen molar-refractivity contribution < 1.29 is 0 Å². The number of rotatable bonds is 4. The molecule has 2 heterocycles. The molecular formula is C51H30N4S. The number of aromatic nitrogens is 3. The predicted molar refractivity (Wildman–Crippen MR) is 225 cm³/mol. The van der Waals surface area contributed by atoms with Gasteiger partial charge in [-0.05, 0) is 80.2 Å². The summed E-state index contributed by atoms with van der Waals surface area (Å²) in [5.74, 6) is 1.90. The lowest BCUT2D eigenvalue weighted by molar-refractivity contribution is 0.722. The van der Waals surface area contributed by atoms with E-state index in [-0.39, 0.29) is 0 Å². The van der Waals surface area contributed by atoms with E-state index in [0.717, 1.165) is 38.6 Å². The van der Waals surface area contributed by atoms with Crippen molar-refractivity contribution in [2.24, 2.45) is 0 Å². The van der Waals surface area contributed by atoms with Gasteiger partial charge in [0.15, 0.2) is 17.5 Å². The topological polar surface area (TPSA) is 62.5 Å². The van der Waals surface area contributed by atoms with Gasteiger partial charge in [0.05, 0.1) is 17.0 Å². The van der Waals surface area contributed by atoms with Gasteiger partial charge in [-0.15, -0.1) is 0 Å². The molecule has 1 aliphatic carbocycles. The molecule has 0 N–H and O–H groups in total. The van der Waals surface area contributed by atoms with Gasteiger partial charge in [-0.1, -0.05) is 163 Å². The predicted octanol–water partition coefficient (Wildman–Crippen LogP) is 12.4. The van der Waals surface area contributed by atoms with Gasteiger partial charge in [-0.25, -0.2) is 15.0 Å². The van der Waals surface area contributed by atoms with Crippen LogP contribution < -0.4 is 0 Å². The van der Waals surface area contributed by atoms with Crippen LogP contribution in [0.3, 0.4) is 0 Å². The molecule has 2 aliphatic rings. The quantitative estimate of drug-likeness (QED) is 0.180. The zero-order valence-electron chi connectivity index (χ0n) is 30.0. The van der Waals surface area contributed by atoms with Gasteiger partial charge in [-0.2, -0.15) is 5.26 Å². The van der Waals surface area contributed by atoms with E-state index in [4.69, 9.17) is 15.0 Å². The van der Waals surface area contributed by atoms with E-state index in [2.05, 4.69) is 109 Å². The smallest absolute Gasteiger partial charge is 0.164 e. The van der Waals surface area contributed by atoms with Crippen molar-refractivity contribution in [3.05, 3.63) is 210 Å². The Hall–Kier alpha value is -7.13. The van der Waals surface area contributed by atoms with E-state index in [1.165, 1.54) is 43.2 Å². The lowest BCUT2D eigenvalue weighted by Crippen LogP contribution is -2.32. The summed E-state index contributed by atoms with van der Waals surface area (Å²) >= 11 is 1.84. The van der Waals surface area contributed by atoms with Crippen molar-refractivity contribution in [1.29, 1.82) is 5.26 Å². The highest BCUT2D eigenvalue weighted by Gasteiger charge is 2.50. The summed E-state index contributed by atoms with van der Waals surface area (Å²) in [6, 6.07) is 66.3. The maximum absolute atomic E-state index is 9.96. The maximum Gasteiger partial charge on any atom is 0.164 e. The van der Waals surface area contributed by atoms with Crippen molar-refractivity contribution in [3.8, 4) is 62.5 Å². The van der Waals surface area contributed by atoms with Gasteiger partial charge in [0.1, 0.15) is 0 Å². The molecule has 0 saturated carbocycles. The number of hydrogen-bond donors (Lipinski definition) is 0. The van der Waals surface area contributed by atoms with E-state index >= 15 is 0 Å². The largest absolute Gasteiger partial charge is 0.208 e. The van der Waals surface area contributed by atoms with Crippen LogP contribution in [0.25, 0.3) is 67.2 Å². The SMILES string of the molecule is N#Cc1ccc(-c2ccc3c(c2)C2(c4ccccc4Sc4ccccc42)c2cc(-c4nc(-c5ccccc5)nc(-c5ccccc5)n4)ccc2-3)c2ccccc12. The third-order valence-corrected chi connectivity index (χ3v) is 12.4. The number of benzene rings is 8. The summed E-state index contributed by atoms with van der Waals surface area (Å²) in [6.07, 6.45) is 0. The Labute approximate surface area is 328 Å². The Bertz CT molecular complexity index is 2970. The highest BCUT2D eigenvalue weighted by Crippen LogP contribution is 2.63. The standard InChI is InChI=1S/C51H30N4S/c52-31-36-25-26-38(39-18-8-7-17-37(36)39)34-23-27-40-41-28-24-35(50-54-48(32-13-3-1-4-14-32)53-49(55-50)33-15-5-2-6-16-33)30-45(41)51(44(40)29-34)42-19-9-11-21-46(42)56-47-22-12-10-20-43(47)51/h1-30H. The second-order valence-electron chi connectivity index (χ2n) is 14.2. The molecule has 260 valence electrons. The molecule has 5 heteroatoms. The molecule has 4 nitrogen and oxygen atoms in total. The Morgan fingerprint density at radius 3 is 1.45 bits per heavy atom. The number of fused-ring (bicyclic) bond motifs is 10. The van der Waals surface area contributed by atoms with Crippen LogP contribution >= 0.6 is 11.8 Å². The fraction of sp³-hybridized carbons (Fsp3) is 0.0196. The van der Waals surface area contributed by atoms with Gasteiger partial charge in [0.25, 0.3) is 0 Å². The molecule has 1 aromatic heterocycles. The van der Waals surface area contributed by atoms with Crippen LogP contribution in [0.2, 0.25) is 0 Å². The first-order valence-electron chi connectivity index (χ1n) is 18.7. The van der Waals surface area contributed by atoms with Crippen molar-refractivity contribution in [3.63, 3.8) is 0 Å². The van der Waals surface area contributed by atoms with Gasteiger partial charge in [0, 0.05) is 31.9 Å². The van der Waals surface area contributed by atoms with Gasteiger partial charge in [0.2, 0.25) is 0 Å². The van der Waals surface area contributed by atoms with Gasteiger partial charge < -0.3 is 0 Å². The molecule has 0 radical (unpaired) electrons. The fourth-order valence-electron chi connectivity index (χ4n) is 8.79. The molecule has 11 rings (SSSR count). The zero-order valence-corrected chi connectivity index (χ0v) is 30.8. The fourth-order valence-corrected chi connectivity index (χ4v) is 9.98. The maximum atomic E-state index is 9.96. The average molecular weight is 731 g/mol. The second-order valence-corrected chi connectivity index (χ2v) is 15.3. The van der Waals surface area contributed by atoms with Crippen LogP contribution in [0.5, 0.6) is 0 Å². The third kappa shape index (κ3) is 4.83. The van der Waals surface area contributed by atoms with Crippen LogP contribution in [0, 0.1) is 11.3 Å². The van der Waals surface area contributed by atoms with Crippen molar-refractivity contribution >= 4 is 22.5 Å². The summed E-state index contributed by atoms with van der Waals surface area (Å²) in [4.78, 5) is 17.7. The lowest BCUT2D eigenvalue weighted by atomic mass is 9.67. The highest BCUT2D eigenvalue weighted by molar-refractivity contribution is 7.99. The Balaban J connectivity index is 1.19. The van der Waals surface area contributed by atoms with E-state index in [9.17, 15) is 5.26 Å². The number of hydrogen-bond acceptors (Lipinski definition) is 5. The lowest BCUT2D eigenvalue weighted by Gasteiger charge is -2.39. The molecule has 9 aromatic rings. The van der Waals surface area contributed by atoms with Crippen LogP contribution in [-0.2, 0) is 5.41 Å². The minimum atomic E-state index is -0.616. The Morgan fingerprint density at radius 2 is 0.857 bits per heavy atom. The minimum absolute atomic E-state index is 0.616. The molecule has 56 heavy (non-hydrogen) atoms. The second kappa shape index (κ2) is 12.7. The monoisotopic (exact) mass is 730 g/mol. The first kappa shape index (κ1) is 32.3. The first-order chi connectivity index (χ1) is 27.7. The summed E-state index contributed by atoms with van der Waals surface area (Å²) < 4.78 is 0. The summed E-state index contributed by atoms with van der Waals surface area (Å²) in [6.45, 7) is 0. The van der Waals surface area contributed by atoms with E-state index in [1.54, 1.807) is 0 Å². The first-order valence-corrected chi connectivity index (χ1v) is 19.5. The van der Waals surface area contributed by atoms with Crippen molar-refractivity contribution in [2.75, 3.05) is 0 Å². The molecule has 8 aromatic carbocycles. The van der Waals surface area contributed by atoms with Crippen LogP contribution in [0.1, 0.15) is 27.8 Å². The highest BCUT2D eigenvalue weighted by atomic mass is 32.2. The average Bonchev–Trinajstić information content (AvgIpc) is 3.55. The third-order valence-electron chi connectivity index (χ3n) is 11.3. The molecule has 0 bridgehead atoms. The van der Waals surface area contributed by atoms with Crippen molar-refractivity contribution in [1.82, 2.24) is 15.0 Å². The molecule has 0 saturated heterocycles. The zero-order chi connectivity index (χ0) is 37.2. The molecule has 0 unspecified atom stereocenters. The van der Waals surface area contributed by atoms with Crippen LogP contribution in [0.15, 0.2) is 192 Å². The van der Waals surface area contributed by atoms with Gasteiger partial charge in [-0.3, -0.25) is 0 Å². The Morgan fingerprint density at radius 1 is 0.393 bits per heavy atom. The van der Waals surface area contributed by atoms with E-state index in [1.807, 2.05) is 90.6 Å². The van der Waals surface area contributed by atoms with Crippen molar-refractivity contribution in [2.45, 2.75) is 15.2 Å². The molecule has 0 amide bonds. The Kier molecular flexibility index (Phi) is 7.35. The summed E-state index contributed by atoms with van der Waals surface area (Å²) in [5, 5.41) is 12.0. The van der Waals surface area contributed by atoms with E-state index < -0.39 is 5.41 Å².